The maximum absolute atomic E-state index is 11.9. The molecule has 18 heavy (non-hydrogen) atoms. The van der Waals surface area contributed by atoms with Crippen molar-refractivity contribution in [2.24, 2.45) is 0 Å². The molecule has 0 saturated heterocycles. The average molecular weight is 265 g/mol. The molecule has 4 N–H and O–H groups in total. The van der Waals surface area contributed by atoms with Crippen LogP contribution in [0.4, 0.5) is 5.69 Å². The summed E-state index contributed by atoms with van der Waals surface area (Å²) in [7, 11) is 0. The Balaban J connectivity index is 2.10. The summed E-state index contributed by atoms with van der Waals surface area (Å²) < 4.78 is 0.913. The molecule has 0 unspecified atom stereocenters. The second-order valence-electron chi connectivity index (χ2n) is 3.88. The largest absolute Gasteiger partial charge is 0.396 e. The summed E-state index contributed by atoms with van der Waals surface area (Å²) in [6.07, 6.45) is 3.10. The third-order valence-electron chi connectivity index (χ3n) is 2.56. The number of nitrogens with zero attached hydrogens (tertiary/aromatic N) is 1. The first-order valence-electron chi connectivity index (χ1n) is 5.76. The number of nitrogens with one attached hydrogen (secondary N) is 1. The molecule has 0 radical (unpaired) electrons. The molecule has 0 aromatic carbocycles. The van der Waals surface area contributed by atoms with Gasteiger partial charge in [-0.25, -0.2) is 0 Å². The summed E-state index contributed by atoms with van der Waals surface area (Å²) in [5.41, 5.74) is 7.04. The summed E-state index contributed by atoms with van der Waals surface area (Å²) in [5.74, 6) is -0.173. The van der Waals surface area contributed by atoms with Gasteiger partial charge in [0, 0.05) is 19.3 Å². The van der Waals surface area contributed by atoms with Crippen LogP contribution in [0.1, 0.15) is 22.5 Å². The van der Waals surface area contributed by atoms with Gasteiger partial charge in [0.1, 0.15) is 10.4 Å². The Bertz CT molecular complexity index is 553. The highest BCUT2D eigenvalue weighted by Crippen LogP contribution is 2.31. The molecule has 0 aliphatic heterocycles. The SMILES string of the molecule is Nc1c(C(=O)NCCCCO)sc2cccnc12. The molecule has 0 atom stereocenters. The number of anilines is 1. The number of carbonyl (C=O) groups is 1. The molecule has 0 fully saturated rings. The Labute approximate surface area is 109 Å². The molecule has 0 aliphatic rings. The summed E-state index contributed by atoms with van der Waals surface area (Å²) in [4.78, 5) is 16.6. The van der Waals surface area contributed by atoms with E-state index in [0.717, 1.165) is 11.1 Å². The molecule has 0 aliphatic carbocycles. The molecule has 5 nitrogen and oxygen atoms in total. The molecule has 1 amide bonds. The van der Waals surface area contributed by atoms with Gasteiger partial charge in [-0.05, 0) is 25.0 Å². The molecule has 0 saturated carbocycles. The number of amides is 1. The van der Waals surface area contributed by atoms with Crippen molar-refractivity contribution < 1.29 is 9.90 Å². The van der Waals surface area contributed by atoms with Gasteiger partial charge in [-0.2, -0.15) is 0 Å². The lowest BCUT2D eigenvalue weighted by Crippen LogP contribution is -2.24. The summed E-state index contributed by atoms with van der Waals surface area (Å²) in [6, 6.07) is 3.72. The number of aliphatic hydroxyl groups excluding tert-OH is 1. The Morgan fingerprint density at radius 2 is 2.33 bits per heavy atom. The number of aliphatic hydroxyl groups is 1. The number of carbonyl (C=O) groups excluding carboxylic acids is 1. The Morgan fingerprint density at radius 1 is 1.50 bits per heavy atom. The molecule has 0 bridgehead atoms. The predicted octanol–water partition coefficient (Wildman–Crippen LogP) is 1.38. The number of fused-ring (bicyclic) bond motifs is 1. The van der Waals surface area contributed by atoms with E-state index in [2.05, 4.69) is 10.3 Å². The van der Waals surface area contributed by atoms with Crippen molar-refractivity contribution >= 4 is 33.1 Å². The quantitative estimate of drug-likeness (QED) is 0.713. The fourth-order valence-corrected chi connectivity index (χ4v) is 2.63. The predicted molar refractivity (Wildman–Crippen MR) is 72.7 cm³/mol. The first-order chi connectivity index (χ1) is 8.74. The molecule has 96 valence electrons. The van der Waals surface area contributed by atoms with E-state index in [1.54, 1.807) is 6.20 Å². The maximum atomic E-state index is 11.9. The van der Waals surface area contributed by atoms with Crippen LogP contribution in [0.25, 0.3) is 10.2 Å². The summed E-state index contributed by atoms with van der Waals surface area (Å²) in [6.45, 7) is 0.686. The lowest BCUT2D eigenvalue weighted by atomic mass is 10.3. The van der Waals surface area contributed by atoms with Crippen LogP contribution >= 0.6 is 11.3 Å². The van der Waals surface area contributed by atoms with Gasteiger partial charge in [0.15, 0.2) is 0 Å². The number of nitrogens with two attached hydrogens (primary N) is 1. The normalized spacial score (nSPS) is 10.7. The minimum absolute atomic E-state index is 0.144. The van der Waals surface area contributed by atoms with Crippen LogP contribution in [-0.2, 0) is 0 Å². The van der Waals surface area contributed by atoms with Crippen molar-refractivity contribution in [2.45, 2.75) is 12.8 Å². The monoisotopic (exact) mass is 265 g/mol. The number of aromatic nitrogens is 1. The lowest BCUT2D eigenvalue weighted by molar-refractivity contribution is 0.0957. The number of thiophene rings is 1. The van der Waals surface area contributed by atoms with Gasteiger partial charge in [0.25, 0.3) is 5.91 Å². The molecular formula is C12H15N3O2S. The molecule has 2 aromatic rings. The van der Waals surface area contributed by atoms with Crippen LogP contribution in [0.5, 0.6) is 0 Å². The van der Waals surface area contributed by atoms with Crippen LogP contribution in [0.15, 0.2) is 18.3 Å². The average Bonchev–Trinajstić information content (AvgIpc) is 2.73. The van der Waals surface area contributed by atoms with Crippen molar-refractivity contribution in [2.75, 3.05) is 18.9 Å². The molecule has 0 spiro atoms. The third-order valence-corrected chi connectivity index (χ3v) is 3.72. The fraction of sp³-hybridized carbons (Fsp3) is 0.333. The zero-order chi connectivity index (χ0) is 13.0. The Morgan fingerprint density at radius 3 is 3.06 bits per heavy atom. The molecular weight excluding hydrogens is 250 g/mol. The Hall–Kier alpha value is -1.66. The van der Waals surface area contributed by atoms with Crippen LogP contribution in [-0.4, -0.2) is 29.1 Å². The standard InChI is InChI=1S/C12H15N3O2S/c13-9-10-8(4-3-6-14-10)18-11(9)12(17)15-5-1-2-7-16/h3-4,6,16H,1-2,5,7,13H2,(H,15,17). The highest BCUT2D eigenvalue weighted by atomic mass is 32.1. The zero-order valence-electron chi connectivity index (χ0n) is 9.85. The first-order valence-corrected chi connectivity index (χ1v) is 6.57. The van der Waals surface area contributed by atoms with Crippen molar-refractivity contribution in [3.05, 3.63) is 23.2 Å². The number of nitrogen functional groups attached to an aromatic ring is 1. The van der Waals surface area contributed by atoms with E-state index in [1.807, 2.05) is 12.1 Å². The smallest absolute Gasteiger partial charge is 0.263 e. The molecule has 6 heteroatoms. The van der Waals surface area contributed by atoms with Gasteiger partial charge < -0.3 is 16.2 Å². The highest BCUT2D eigenvalue weighted by Gasteiger charge is 2.16. The second-order valence-corrected chi connectivity index (χ2v) is 4.93. The van der Waals surface area contributed by atoms with Gasteiger partial charge in [0.2, 0.25) is 0 Å². The zero-order valence-corrected chi connectivity index (χ0v) is 10.7. The van der Waals surface area contributed by atoms with Crippen LogP contribution in [0, 0.1) is 0 Å². The van der Waals surface area contributed by atoms with E-state index in [1.165, 1.54) is 11.3 Å². The molecule has 2 heterocycles. The fourth-order valence-electron chi connectivity index (χ4n) is 1.64. The topological polar surface area (TPSA) is 88.2 Å². The highest BCUT2D eigenvalue weighted by molar-refractivity contribution is 7.21. The molecule has 2 aromatic heterocycles. The van der Waals surface area contributed by atoms with Crippen LogP contribution in [0.2, 0.25) is 0 Å². The van der Waals surface area contributed by atoms with Crippen molar-refractivity contribution in [3.63, 3.8) is 0 Å². The van der Waals surface area contributed by atoms with Crippen molar-refractivity contribution in [1.82, 2.24) is 10.3 Å². The van der Waals surface area contributed by atoms with Crippen LogP contribution < -0.4 is 11.1 Å². The number of hydrogen-bond donors (Lipinski definition) is 3. The van der Waals surface area contributed by atoms with E-state index in [-0.39, 0.29) is 12.5 Å². The lowest BCUT2D eigenvalue weighted by Gasteiger charge is -2.03. The van der Waals surface area contributed by atoms with Crippen molar-refractivity contribution in [1.29, 1.82) is 0 Å². The number of hydrogen-bond acceptors (Lipinski definition) is 5. The Kier molecular flexibility index (Phi) is 4.11. The minimum Gasteiger partial charge on any atom is -0.396 e. The van der Waals surface area contributed by atoms with E-state index < -0.39 is 0 Å². The summed E-state index contributed by atoms with van der Waals surface area (Å²) in [5, 5.41) is 11.4. The van der Waals surface area contributed by atoms with E-state index >= 15 is 0 Å². The second kappa shape index (κ2) is 5.79. The number of pyridine rings is 1. The van der Waals surface area contributed by atoms with Gasteiger partial charge in [-0.15, -0.1) is 11.3 Å². The number of unbranched alkanes of at least 4 members (excludes halogenated alkanes) is 1. The van der Waals surface area contributed by atoms with Gasteiger partial charge >= 0.3 is 0 Å². The summed E-state index contributed by atoms with van der Waals surface area (Å²) >= 11 is 1.35. The van der Waals surface area contributed by atoms with E-state index in [4.69, 9.17) is 10.8 Å². The van der Waals surface area contributed by atoms with E-state index in [0.29, 0.717) is 29.0 Å². The third kappa shape index (κ3) is 2.60. The van der Waals surface area contributed by atoms with Crippen molar-refractivity contribution in [3.8, 4) is 0 Å². The molecule has 2 rings (SSSR count). The van der Waals surface area contributed by atoms with Gasteiger partial charge in [-0.1, -0.05) is 0 Å². The minimum atomic E-state index is -0.173. The van der Waals surface area contributed by atoms with Gasteiger partial charge in [-0.3, -0.25) is 9.78 Å². The first kappa shape index (κ1) is 12.8. The van der Waals surface area contributed by atoms with Gasteiger partial charge in [0.05, 0.1) is 10.4 Å². The van der Waals surface area contributed by atoms with Crippen LogP contribution in [0.3, 0.4) is 0 Å². The van der Waals surface area contributed by atoms with E-state index in [9.17, 15) is 4.79 Å². The number of rotatable bonds is 5. The maximum Gasteiger partial charge on any atom is 0.263 e.